The van der Waals surface area contributed by atoms with E-state index in [0.29, 0.717) is 29.1 Å². The molecule has 1 N–H and O–H groups in total. The third-order valence-corrected chi connectivity index (χ3v) is 4.84. The van der Waals surface area contributed by atoms with Crippen LogP contribution in [0.25, 0.3) is 0 Å². The normalized spacial score (nSPS) is 19.1. The lowest BCUT2D eigenvalue weighted by Gasteiger charge is -2.33. The Morgan fingerprint density at radius 1 is 1.36 bits per heavy atom. The number of piperidine rings is 1. The molecule has 3 nitrogen and oxygen atoms in total. The molecular weight excluding hydrogens is 319 g/mol. The Labute approximate surface area is 143 Å². The minimum atomic E-state index is 0.0101. The molecule has 0 spiro atoms. The number of benzene rings is 1. The van der Waals surface area contributed by atoms with E-state index in [1.807, 2.05) is 0 Å². The highest BCUT2D eigenvalue weighted by Gasteiger charge is 2.17. The van der Waals surface area contributed by atoms with E-state index in [1.165, 1.54) is 25.8 Å². The van der Waals surface area contributed by atoms with Crippen LogP contribution in [0, 0.1) is 0 Å². The van der Waals surface area contributed by atoms with Crippen molar-refractivity contribution in [2.24, 2.45) is 0 Å². The van der Waals surface area contributed by atoms with Gasteiger partial charge in [-0.2, -0.15) is 0 Å². The summed E-state index contributed by atoms with van der Waals surface area (Å²) in [5, 5.41) is 4.10. The molecule has 2 rings (SSSR count). The van der Waals surface area contributed by atoms with E-state index in [-0.39, 0.29) is 5.91 Å². The maximum absolute atomic E-state index is 11.9. The van der Waals surface area contributed by atoms with Crippen LogP contribution in [0.1, 0.15) is 38.2 Å². The van der Waals surface area contributed by atoms with Gasteiger partial charge in [0.25, 0.3) is 0 Å². The second-order valence-electron chi connectivity index (χ2n) is 6.00. The van der Waals surface area contributed by atoms with E-state index in [4.69, 9.17) is 23.2 Å². The molecule has 0 bridgehead atoms. The second kappa shape index (κ2) is 8.76. The summed E-state index contributed by atoms with van der Waals surface area (Å²) in [7, 11) is 0. The fourth-order valence-electron chi connectivity index (χ4n) is 2.90. The predicted octanol–water partition coefficient (Wildman–Crippen LogP) is 3.92. The van der Waals surface area contributed by atoms with Crippen molar-refractivity contribution >= 4 is 29.1 Å². The SMILES string of the molecule is CC1CCCCN1CCCNC(=O)Cc1ccc(Cl)cc1Cl. The van der Waals surface area contributed by atoms with Gasteiger partial charge in [0.2, 0.25) is 5.91 Å². The topological polar surface area (TPSA) is 32.3 Å². The molecule has 1 saturated heterocycles. The van der Waals surface area contributed by atoms with Gasteiger partial charge in [-0.25, -0.2) is 0 Å². The average Bonchev–Trinajstić information content (AvgIpc) is 2.48. The van der Waals surface area contributed by atoms with Crippen LogP contribution in [0.4, 0.5) is 0 Å². The predicted molar refractivity (Wildman–Crippen MR) is 92.7 cm³/mol. The van der Waals surface area contributed by atoms with Crippen molar-refractivity contribution in [2.75, 3.05) is 19.6 Å². The maximum atomic E-state index is 11.9. The van der Waals surface area contributed by atoms with Crippen molar-refractivity contribution in [1.82, 2.24) is 10.2 Å². The van der Waals surface area contributed by atoms with Gasteiger partial charge in [0.05, 0.1) is 6.42 Å². The number of carbonyl (C=O) groups is 1. The van der Waals surface area contributed by atoms with Crippen molar-refractivity contribution in [1.29, 1.82) is 0 Å². The highest BCUT2D eigenvalue weighted by Crippen LogP contribution is 2.21. The van der Waals surface area contributed by atoms with Gasteiger partial charge in [0.15, 0.2) is 0 Å². The lowest BCUT2D eigenvalue weighted by Crippen LogP contribution is -2.39. The molecule has 1 fully saturated rings. The highest BCUT2D eigenvalue weighted by molar-refractivity contribution is 6.35. The Balaban J connectivity index is 1.67. The number of halogens is 2. The van der Waals surface area contributed by atoms with E-state index >= 15 is 0 Å². The molecule has 122 valence electrons. The molecule has 1 aliphatic rings. The molecule has 0 aromatic heterocycles. The third kappa shape index (κ3) is 5.45. The van der Waals surface area contributed by atoms with Crippen molar-refractivity contribution in [3.05, 3.63) is 33.8 Å². The van der Waals surface area contributed by atoms with Gasteiger partial charge in [0.1, 0.15) is 0 Å². The summed E-state index contributed by atoms with van der Waals surface area (Å²) in [4.78, 5) is 14.5. The van der Waals surface area contributed by atoms with Crippen LogP contribution < -0.4 is 5.32 Å². The molecule has 1 heterocycles. The molecule has 0 saturated carbocycles. The average molecular weight is 343 g/mol. The summed E-state index contributed by atoms with van der Waals surface area (Å²) in [6.07, 6.45) is 5.23. The molecule has 0 radical (unpaired) electrons. The molecular formula is C17H24Cl2N2O. The van der Waals surface area contributed by atoms with Crippen LogP contribution in [0.3, 0.4) is 0 Å². The number of nitrogens with one attached hydrogen (secondary N) is 1. The monoisotopic (exact) mass is 342 g/mol. The number of hydrogen-bond donors (Lipinski definition) is 1. The van der Waals surface area contributed by atoms with Gasteiger partial charge in [-0.1, -0.05) is 35.7 Å². The fraction of sp³-hybridized carbons (Fsp3) is 0.588. The Kier molecular flexibility index (Phi) is 7.00. The van der Waals surface area contributed by atoms with Crippen LogP contribution in [0.5, 0.6) is 0 Å². The molecule has 1 unspecified atom stereocenters. The smallest absolute Gasteiger partial charge is 0.224 e. The minimum absolute atomic E-state index is 0.0101. The Bertz CT molecular complexity index is 507. The summed E-state index contributed by atoms with van der Waals surface area (Å²) < 4.78 is 0. The van der Waals surface area contributed by atoms with Crippen molar-refractivity contribution in [3.63, 3.8) is 0 Å². The van der Waals surface area contributed by atoms with E-state index < -0.39 is 0 Å². The van der Waals surface area contributed by atoms with Gasteiger partial charge >= 0.3 is 0 Å². The van der Waals surface area contributed by atoms with Crippen LogP contribution in [0.2, 0.25) is 10.0 Å². The van der Waals surface area contributed by atoms with Gasteiger partial charge in [-0.15, -0.1) is 0 Å². The minimum Gasteiger partial charge on any atom is -0.356 e. The van der Waals surface area contributed by atoms with E-state index in [0.717, 1.165) is 18.5 Å². The van der Waals surface area contributed by atoms with Gasteiger partial charge in [-0.3, -0.25) is 4.79 Å². The Hall–Kier alpha value is -0.770. The summed E-state index contributed by atoms with van der Waals surface area (Å²) >= 11 is 11.9. The summed E-state index contributed by atoms with van der Waals surface area (Å²) in [6, 6.07) is 5.91. The molecule has 1 amide bonds. The zero-order valence-corrected chi connectivity index (χ0v) is 14.6. The fourth-order valence-corrected chi connectivity index (χ4v) is 3.38. The zero-order valence-electron chi connectivity index (χ0n) is 13.1. The lowest BCUT2D eigenvalue weighted by molar-refractivity contribution is -0.120. The third-order valence-electron chi connectivity index (χ3n) is 4.25. The molecule has 1 atom stereocenters. The summed E-state index contributed by atoms with van der Waals surface area (Å²) in [6.45, 7) is 5.26. The highest BCUT2D eigenvalue weighted by atomic mass is 35.5. The van der Waals surface area contributed by atoms with Crippen molar-refractivity contribution in [3.8, 4) is 0 Å². The maximum Gasteiger partial charge on any atom is 0.224 e. The lowest BCUT2D eigenvalue weighted by atomic mass is 10.0. The number of nitrogens with zero attached hydrogens (tertiary/aromatic N) is 1. The second-order valence-corrected chi connectivity index (χ2v) is 6.84. The summed E-state index contributed by atoms with van der Waals surface area (Å²) in [5.41, 5.74) is 0.813. The van der Waals surface area contributed by atoms with Crippen LogP contribution in [-0.4, -0.2) is 36.5 Å². The van der Waals surface area contributed by atoms with Gasteiger partial charge < -0.3 is 10.2 Å². The number of hydrogen-bond acceptors (Lipinski definition) is 2. The van der Waals surface area contributed by atoms with E-state index in [9.17, 15) is 4.79 Å². The van der Waals surface area contributed by atoms with Gasteiger partial charge in [0, 0.05) is 29.2 Å². The number of rotatable bonds is 6. The van der Waals surface area contributed by atoms with Gasteiger partial charge in [-0.05, 0) is 50.4 Å². The molecule has 1 aliphatic heterocycles. The van der Waals surface area contributed by atoms with E-state index in [2.05, 4.69) is 17.1 Å². The first kappa shape index (κ1) is 17.6. The van der Waals surface area contributed by atoms with Crippen molar-refractivity contribution in [2.45, 2.75) is 45.1 Å². The number of amides is 1. The van der Waals surface area contributed by atoms with E-state index in [1.54, 1.807) is 18.2 Å². The molecule has 1 aromatic carbocycles. The molecule has 5 heteroatoms. The molecule has 0 aliphatic carbocycles. The quantitative estimate of drug-likeness (QED) is 0.794. The van der Waals surface area contributed by atoms with Crippen LogP contribution in [-0.2, 0) is 11.2 Å². The zero-order chi connectivity index (χ0) is 15.9. The number of likely N-dealkylation sites (tertiary alicyclic amines) is 1. The largest absolute Gasteiger partial charge is 0.356 e. The molecule has 22 heavy (non-hydrogen) atoms. The standard InChI is InChI=1S/C17H24Cl2N2O/c1-13-5-2-3-9-21(13)10-4-8-20-17(22)11-14-6-7-15(18)12-16(14)19/h6-7,12-13H,2-5,8-11H2,1H3,(H,20,22). The first-order chi connectivity index (χ1) is 10.6. The first-order valence-corrected chi connectivity index (χ1v) is 8.76. The van der Waals surface area contributed by atoms with Crippen LogP contribution >= 0.6 is 23.2 Å². The number of carbonyl (C=O) groups excluding carboxylic acids is 1. The van der Waals surface area contributed by atoms with Crippen LogP contribution in [0.15, 0.2) is 18.2 Å². The van der Waals surface area contributed by atoms with Crippen molar-refractivity contribution < 1.29 is 4.79 Å². The Morgan fingerprint density at radius 2 is 2.18 bits per heavy atom. The Morgan fingerprint density at radius 3 is 2.91 bits per heavy atom. The molecule has 1 aromatic rings. The first-order valence-electron chi connectivity index (χ1n) is 8.01. The summed E-state index contributed by atoms with van der Waals surface area (Å²) in [5.74, 6) is 0.0101.